The summed E-state index contributed by atoms with van der Waals surface area (Å²) in [5, 5.41) is 5.39. The molecule has 0 bridgehead atoms. The molecule has 2 aliphatic rings. The molecule has 0 aromatic rings. The van der Waals surface area contributed by atoms with Crippen LogP contribution in [-0.2, 0) is 0 Å². The van der Waals surface area contributed by atoms with Crippen LogP contribution in [0, 0.1) is 5.92 Å². The molecule has 0 radical (unpaired) electrons. The summed E-state index contributed by atoms with van der Waals surface area (Å²) in [5.74, 6) is 3.67. The summed E-state index contributed by atoms with van der Waals surface area (Å²) < 4.78 is 0. The van der Waals surface area contributed by atoms with Crippen molar-refractivity contribution in [3.8, 4) is 0 Å². The fourth-order valence-corrected chi connectivity index (χ4v) is 6.64. The first kappa shape index (κ1) is 13.1. The number of nitrogens with one attached hydrogen (secondary N) is 1. The predicted molar refractivity (Wildman–Crippen MR) is 77.6 cm³/mol. The van der Waals surface area contributed by atoms with Crippen LogP contribution in [0.5, 0.6) is 0 Å². The molecular formula is C13H25NS2. The molecule has 1 heterocycles. The van der Waals surface area contributed by atoms with Gasteiger partial charge >= 0.3 is 0 Å². The molecule has 0 amide bonds. The van der Waals surface area contributed by atoms with Gasteiger partial charge in [0.15, 0.2) is 0 Å². The highest BCUT2D eigenvalue weighted by molar-refractivity contribution is 8.07. The van der Waals surface area contributed by atoms with Crippen LogP contribution in [0.15, 0.2) is 0 Å². The van der Waals surface area contributed by atoms with E-state index < -0.39 is 0 Å². The normalized spacial score (nSPS) is 34.1. The van der Waals surface area contributed by atoms with Crippen LogP contribution < -0.4 is 5.32 Å². The van der Waals surface area contributed by atoms with Gasteiger partial charge < -0.3 is 5.32 Å². The topological polar surface area (TPSA) is 12.0 Å². The third kappa shape index (κ3) is 2.91. The summed E-state index contributed by atoms with van der Waals surface area (Å²) in [6, 6.07) is 0.769. The van der Waals surface area contributed by atoms with Crippen LogP contribution in [0.4, 0.5) is 0 Å². The zero-order valence-electron chi connectivity index (χ0n) is 10.6. The van der Waals surface area contributed by atoms with E-state index in [1.54, 1.807) is 0 Å². The van der Waals surface area contributed by atoms with E-state index in [4.69, 9.17) is 0 Å². The molecule has 2 rings (SSSR count). The van der Waals surface area contributed by atoms with Gasteiger partial charge in [-0.2, -0.15) is 23.5 Å². The molecule has 3 unspecified atom stereocenters. The Labute approximate surface area is 109 Å². The minimum absolute atomic E-state index is 0.769. The van der Waals surface area contributed by atoms with Crippen LogP contribution >= 0.6 is 23.5 Å². The van der Waals surface area contributed by atoms with Gasteiger partial charge in [-0.05, 0) is 32.2 Å². The van der Waals surface area contributed by atoms with E-state index in [0.29, 0.717) is 0 Å². The molecule has 1 aliphatic heterocycles. The maximum absolute atomic E-state index is 3.64. The Morgan fingerprint density at radius 1 is 1.19 bits per heavy atom. The molecule has 1 nitrogen and oxygen atoms in total. The van der Waals surface area contributed by atoms with Gasteiger partial charge in [0.05, 0.1) is 0 Å². The number of hydrogen-bond donors (Lipinski definition) is 1. The molecule has 2 fully saturated rings. The van der Waals surface area contributed by atoms with Crippen molar-refractivity contribution in [1.29, 1.82) is 0 Å². The van der Waals surface area contributed by atoms with Crippen molar-refractivity contribution in [3.05, 3.63) is 0 Å². The van der Waals surface area contributed by atoms with E-state index in [0.717, 1.165) is 22.5 Å². The zero-order valence-corrected chi connectivity index (χ0v) is 12.2. The summed E-state index contributed by atoms with van der Waals surface area (Å²) in [5.41, 5.74) is 0. The first-order valence-corrected chi connectivity index (χ1v) is 8.87. The molecule has 1 saturated carbocycles. The lowest BCUT2D eigenvalue weighted by atomic mass is 9.93. The third-order valence-electron chi connectivity index (χ3n) is 4.09. The first-order chi connectivity index (χ1) is 7.86. The minimum atomic E-state index is 0.769. The standard InChI is InChI=1S/C13H25NS2/c1-3-11-13(16-9-8-15-11)12(14-2)10-6-4-5-7-10/h10-14H,3-9H2,1-2H3. The van der Waals surface area contributed by atoms with Gasteiger partial charge in [0, 0.05) is 28.0 Å². The summed E-state index contributed by atoms with van der Waals surface area (Å²) in [6.45, 7) is 2.36. The average molecular weight is 259 g/mol. The smallest absolute Gasteiger partial charge is 0.0322 e. The zero-order chi connectivity index (χ0) is 11.4. The SMILES string of the molecule is CCC1SCCSC1C(NC)C1CCCC1. The lowest BCUT2D eigenvalue weighted by molar-refractivity contribution is 0.363. The highest BCUT2D eigenvalue weighted by Crippen LogP contribution is 2.40. The largest absolute Gasteiger partial charge is 0.316 e. The van der Waals surface area contributed by atoms with Gasteiger partial charge in [0.2, 0.25) is 0 Å². The predicted octanol–water partition coefficient (Wildman–Crippen LogP) is 3.39. The quantitative estimate of drug-likeness (QED) is 0.831. The maximum atomic E-state index is 3.64. The van der Waals surface area contributed by atoms with Crippen LogP contribution in [0.1, 0.15) is 39.0 Å². The Kier molecular flexibility index (Phi) is 5.37. The summed E-state index contributed by atoms with van der Waals surface area (Å²) in [6.07, 6.45) is 7.19. The molecule has 0 aromatic carbocycles. The molecule has 3 heteroatoms. The second-order valence-corrected chi connectivity index (χ2v) is 7.64. The van der Waals surface area contributed by atoms with Crippen molar-refractivity contribution in [2.45, 2.75) is 55.6 Å². The highest BCUT2D eigenvalue weighted by atomic mass is 32.2. The number of rotatable bonds is 4. The lowest BCUT2D eigenvalue weighted by Crippen LogP contribution is -2.47. The Balaban J connectivity index is 1.99. The van der Waals surface area contributed by atoms with Crippen LogP contribution in [0.2, 0.25) is 0 Å². The Hall–Kier alpha value is 0.660. The molecule has 0 spiro atoms. The second kappa shape index (κ2) is 6.55. The molecule has 3 atom stereocenters. The summed E-state index contributed by atoms with van der Waals surface area (Å²) in [7, 11) is 2.18. The third-order valence-corrected chi connectivity index (χ3v) is 7.46. The number of thioether (sulfide) groups is 2. The molecule has 1 saturated heterocycles. The lowest BCUT2D eigenvalue weighted by Gasteiger charge is -2.38. The van der Waals surface area contributed by atoms with Gasteiger partial charge in [0.1, 0.15) is 0 Å². The van der Waals surface area contributed by atoms with Crippen LogP contribution in [0.3, 0.4) is 0 Å². The monoisotopic (exact) mass is 259 g/mol. The highest BCUT2D eigenvalue weighted by Gasteiger charge is 2.36. The molecule has 1 aliphatic carbocycles. The van der Waals surface area contributed by atoms with Gasteiger partial charge in [-0.3, -0.25) is 0 Å². The van der Waals surface area contributed by atoms with Crippen LogP contribution in [0.25, 0.3) is 0 Å². The van der Waals surface area contributed by atoms with Crippen molar-refractivity contribution < 1.29 is 0 Å². The fourth-order valence-electron chi connectivity index (χ4n) is 3.26. The van der Waals surface area contributed by atoms with Gasteiger partial charge in [-0.15, -0.1) is 0 Å². The van der Waals surface area contributed by atoms with Crippen molar-refractivity contribution >= 4 is 23.5 Å². The number of hydrogen-bond acceptors (Lipinski definition) is 3. The Morgan fingerprint density at radius 2 is 1.88 bits per heavy atom. The van der Waals surface area contributed by atoms with Crippen molar-refractivity contribution in [3.63, 3.8) is 0 Å². The van der Waals surface area contributed by atoms with Crippen molar-refractivity contribution in [1.82, 2.24) is 5.32 Å². The molecular weight excluding hydrogens is 234 g/mol. The fraction of sp³-hybridized carbons (Fsp3) is 1.00. The maximum Gasteiger partial charge on any atom is 0.0322 e. The molecule has 1 N–H and O–H groups in total. The second-order valence-electron chi connectivity index (χ2n) is 5.01. The van der Waals surface area contributed by atoms with E-state index in [2.05, 4.69) is 42.8 Å². The minimum Gasteiger partial charge on any atom is -0.316 e. The molecule has 0 aromatic heterocycles. The summed E-state index contributed by atoms with van der Waals surface area (Å²) >= 11 is 4.45. The molecule has 94 valence electrons. The Morgan fingerprint density at radius 3 is 2.50 bits per heavy atom. The van der Waals surface area contributed by atoms with Crippen LogP contribution in [-0.4, -0.2) is 35.1 Å². The van der Waals surface area contributed by atoms with Gasteiger partial charge in [-0.25, -0.2) is 0 Å². The van der Waals surface area contributed by atoms with Gasteiger partial charge in [0.25, 0.3) is 0 Å². The van der Waals surface area contributed by atoms with Crippen molar-refractivity contribution in [2.24, 2.45) is 5.92 Å². The van der Waals surface area contributed by atoms with E-state index in [-0.39, 0.29) is 0 Å². The first-order valence-electron chi connectivity index (χ1n) is 6.77. The van der Waals surface area contributed by atoms with Gasteiger partial charge in [-0.1, -0.05) is 19.8 Å². The van der Waals surface area contributed by atoms with E-state index in [1.165, 1.54) is 43.6 Å². The van der Waals surface area contributed by atoms with E-state index >= 15 is 0 Å². The average Bonchev–Trinajstić information content (AvgIpc) is 2.84. The Bertz CT molecular complexity index is 202. The van der Waals surface area contributed by atoms with E-state index in [9.17, 15) is 0 Å². The summed E-state index contributed by atoms with van der Waals surface area (Å²) in [4.78, 5) is 0. The van der Waals surface area contributed by atoms with Crippen molar-refractivity contribution in [2.75, 3.05) is 18.6 Å². The molecule has 16 heavy (non-hydrogen) atoms. The van der Waals surface area contributed by atoms with E-state index in [1.807, 2.05) is 0 Å².